The molecule has 0 saturated heterocycles. The van der Waals surface area contributed by atoms with Crippen molar-refractivity contribution in [2.24, 2.45) is 0 Å². The van der Waals surface area contributed by atoms with Crippen molar-refractivity contribution >= 4 is 28.4 Å². The summed E-state index contributed by atoms with van der Waals surface area (Å²) in [4.78, 5) is 12.7. The molecule has 0 aliphatic heterocycles. The predicted molar refractivity (Wildman–Crippen MR) is 117 cm³/mol. The summed E-state index contributed by atoms with van der Waals surface area (Å²) in [6.07, 6.45) is 1.82. The van der Waals surface area contributed by atoms with Crippen LogP contribution >= 0.6 is 11.6 Å². The van der Waals surface area contributed by atoms with Crippen molar-refractivity contribution in [2.45, 2.75) is 19.4 Å². The van der Waals surface area contributed by atoms with Crippen LogP contribution in [0.5, 0.6) is 0 Å². The first-order valence-electron chi connectivity index (χ1n) is 9.63. The van der Waals surface area contributed by atoms with E-state index in [1.165, 1.54) is 5.56 Å². The molecule has 1 heterocycles. The zero-order chi connectivity index (χ0) is 20.2. The van der Waals surface area contributed by atoms with Gasteiger partial charge in [-0.05, 0) is 41.3 Å². The summed E-state index contributed by atoms with van der Waals surface area (Å²) >= 11 is 5.97. The molecule has 3 aromatic carbocycles. The highest BCUT2D eigenvalue weighted by molar-refractivity contribution is 6.30. The fourth-order valence-corrected chi connectivity index (χ4v) is 3.47. The highest BCUT2D eigenvalue weighted by Crippen LogP contribution is 2.19. The van der Waals surface area contributed by atoms with Crippen LogP contribution in [0.25, 0.3) is 10.9 Å². The maximum Gasteiger partial charge on any atom is 0.251 e. The average molecular weight is 404 g/mol. The minimum Gasteiger partial charge on any atom is -0.351 e. The van der Waals surface area contributed by atoms with Gasteiger partial charge in [-0.3, -0.25) is 9.48 Å². The highest BCUT2D eigenvalue weighted by Gasteiger charge is 2.12. The summed E-state index contributed by atoms with van der Waals surface area (Å²) in [6, 6.07) is 23.6. The summed E-state index contributed by atoms with van der Waals surface area (Å²) in [7, 11) is 0. The number of fused-ring (bicyclic) bond motifs is 1. The van der Waals surface area contributed by atoms with Crippen molar-refractivity contribution in [3.05, 3.63) is 101 Å². The van der Waals surface area contributed by atoms with Crippen LogP contribution in [-0.4, -0.2) is 22.2 Å². The summed E-state index contributed by atoms with van der Waals surface area (Å²) in [5, 5.41) is 9.24. The Morgan fingerprint density at radius 1 is 1.07 bits per heavy atom. The summed E-state index contributed by atoms with van der Waals surface area (Å²) < 4.78 is 1.90. The first kappa shape index (κ1) is 19.2. The third kappa shape index (κ3) is 4.49. The maximum absolute atomic E-state index is 12.7. The average Bonchev–Trinajstić information content (AvgIpc) is 3.16. The van der Waals surface area contributed by atoms with E-state index in [1.54, 1.807) is 0 Å². The number of aromatic nitrogens is 2. The van der Waals surface area contributed by atoms with Crippen LogP contribution in [0.4, 0.5) is 0 Å². The van der Waals surface area contributed by atoms with E-state index in [0.717, 1.165) is 16.5 Å². The normalized spacial score (nSPS) is 12.1. The second-order valence-electron chi connectivity index (χ2n) is 7.22. The minimum atomic E-state index is -0.0751. The molecule has 1 N–H and O–H groups in total. The van der Waals surface area contributed by atoms with Crippen molar-refractivity contribution < 1.29 is 4.79 Å². The molecule has 1 amide bonds. The summed E-state index contributed by atoms with van der Waals surface area (Å²) in [6.45, 7) is 3.32. The molecular formula is C24H22ClN3O. The van der Waals surface area contributed by atoms with Gasteiger partial charge in [0.25, 0.3) is 5.91 Å². The minimum absolute atomic E-state index is 0.0751. The second-order valence-corrected chi connectivity index (χ2v) is 7.66. The van der Waals surface area contributed by atoms with Gasteiger partial charge in [0.1, 0.15) is 0 Å². The van der Waals surface area contributed by atoms with Crippen LogP contribution in [-0.2, 0) is 6.54 Å². The predicted octanol–water partition coefficient (Wildman–Crippen LogP) is 5.27. The molecule has 4 nitrogen and oxygen atoms in total. The Kier molecular flexibility index (Phi) is 5.63. The topological polar surface area (TPSA) is 46.9 Å². The van der Waals surface area contributed by atoms with Gasteiger partial charge in [-0.25, -0.2) is 0 Å². The first-order chi connectivity index (χ1) is 14.1. The molecule has 0 spiro atoms. The lowest BCUT2D eigenvalue weighted by molar-refractivity contribution is 0.0952. The Balaban J connectivity index is 1.49. The van der Waals surface area contributed by atoms with E-state index in [4.69, 9.17) is 11.6 Å². The van der Waals surface area contributed by atoms with Gasteiger partial charge in [0.05, 0.1) is 18.3 Å². The number of hydrogen-bond acceptors (Lipinski definition) is 2. The number of carbonyl (C=O) groups is 1. The molecule has 1 atom stereocenters. The van der Waals surface area contributed by atoms with Crippen LogP contribution in [0.2, 0.25) is 5.02 Å². The number of rotatable bonds is 6. The Morgan fingerprint density at radius 3 is 2.59 bits per heavy atom. The van der Waals surface area contributed by atoms with Gasteiger partial charge in [-0.1, -0.05) is 67.1 Å². The Hall–Kier alpha value is -3.11. The van der Waals surface area contributed by atoms with Crippen molar-refractivity contribution in [3.8, 4) is 0 Å². The van der Waals surface area contributed by atoms with E-state index in [1.807, 2.05) is 71.5 Å². The Morgan fingerprint density at radius 2 is 1.83 bits per heavy atom. The molecule has 29 heavy (non-hydrogen) atoms. The molecular weight excluding hydrogens is 382 g/mol. The number of hydrogen-bond donors (Lipinski definition) is 1. The SMILES string of the molecule is C[C@H](CNC(=O)c1ccc2cnn(Cc3ccc(Cl)cc3)c2c1)c1ccccc1. The van der Waals surface area contributed by atoms with Gasteiger partial charge < -0.3 is 5.32 Å². The lowest BCUT2D eigenvalue weighted by Gasteiger charge is -2.13. The largest absolute Gasteiger partial charge is 0.351 e. The van der Waals surface area contributed by atoms with Crippen LogP contribution in [0.15, 0.2) is 79.0 Å². The first-order valence-corrected chi connectivity index (χ1v) is 10.0. The van der Waals surface area contributed by atoms with E-state index >= 15 is 0 Å². The number of carbonyl (C=O) groups excluding carboxylic acids is 1. The number of halogens is 1. The number of amides is 1. The fourth-order valence-electron chi connectivity index (χ4n) is 3.35. The zero-order valence-electron chi connectivity index (χ0n) is 16.2. The van der Waals surface area contributed by atoms with Crippen molar-refractivity contribution in [3.63, 3.8) is 0 Å². The second kappa shape index (κ2) is 8.50. The lowest BCUT2D eigenvalue weighted by Crippen LogP contribution is -2.27. The molecule has 0 aliphatic rings. The van der Waals surface area contributed by atoms with Crippen LogP contribution < -0.4 is 5.32 Å². The molecule has 0 radical (unpaired) electrons. The van der Waals surface area contributed by atoms with Gasteiger partial charge in [0, 0.05) is 22.5 Å². The van der Waals surface area contributed by atoms with Gasteiger partial charge in [-0.15, -0.1) is 0 Å². The zero-order valence-corrected chi connectivity index (χ0v) is 16.9. The lowest BCUT2D eigenvalue weighted by atomic mass is 10.0. The summed E-state index contributed by atoms with van der Waals surface area (Å²) in [5.41, 5.74) is 3.88. The van der Waals surface area contributed by atoms with Crippen LogP contribution in [0, 0.1) is 0 Å². The molecule has 0 bridgehead atoms. The molecule has 1 aromatic heterocycles. The van der Waals surface area contributed by atoms with E-state index in [-0.39, 0.29) is 11.8 Å². The van der Waals surface area contributed by atoms with Gasteiger partial charge >= 0.3 is 0 Å². The van der Waals surface area contributed by atoms with E-state index in [0.29, 0.717) is 23.7 Å². The van der Waals surface area contributed by atoms with E-state index < -0.39 is 0 Å². The smallest absolute Gasteiger partial charge is 0.251 e. The van der Waals surface area contributed by atoms with Crippen LogP contribution in [0.3, 0.4) is 0 Å². The van der Waals surface area contributed by atoms with E-state index in [9.17, 15) is 4.79 Å². The molecule has 146 valence electrons. The molecule has 0 aliphatic carbocycles. The monoisotopic (exact) mass is 403 g/mol. The Bertz CT molecular complexity index is 1120. The third-order valence-corrected chi connectivity index (χ3v) is 5.34. The van der Waals surface area contributed by atoms with Crippen LogP contribution in [0.1, 0.15) is 34.3 Å². The molecule has 5 heteroatoms. The van der Waals surface area contributed by atoms with Crippen molar-refractivity contribution in [1.82, 2.24) is 15.1 Å². The van der Waals surface area contributed by atoms with Crippen molar-refractivity contribution in [2.75, 3.05) is 6.54 Å². The van der Waals surface area contributed by atoms with Gasteiger partial charge in [-0.2, -0.15) is 5.10 Å². The molecule has 0 fully saturated rings. The highest BCUT2D eigenvalue weighted by atomic mass is 35.5. The standard InChI is InChI=1S/C24H22ClN3O/c1-17(19-5-3-2-4-6-19)14-26-24(29)20-9-10-21-15-27-28(23(21)13-20)16-18-7-11-22(25)12-8-18/h2-13,15,17H,14,16H2,1H3,(H,26,29)/t17-/m1/s1. The molecule has 4 rings (SSSR count). The molecule has 0 unspecified atom stereocenters. The maximum atomic E-state index is 12.7. The number of nitrogens with one attached hydrogen (secondary N) is 1. The van der Waals surface area contributed by atoms with Crippen molar-refractivity contribution in [1.29, 1.82) is 0 Å². The number of benzene rings is 3. The fraction of sp³-hybridized carbons (Fsp3) is 0.167. The van der Waals surface area contributed by atoms with Gasteiger partial charge in [0.15, 0.2) is 0 Å². The summed E-state index contributed by atoms with van der Waals surface area (Å²) in [5.74, 6) is 0.174. The van der Waals surface area contributed by atoms with Gasteiger partial charge in [0.2, 0.25) is 0 Å². The Labute approximate surface area is 175 Å². The van der Waals surface area contributed by atoms with E-state index in [2.05, 4.69) is 29.5 Å². The quantitative estimate of drug-likeness (QED) is 0.476. The number of nitrogens with zero attached hydrogens (tertiary/aromatic N) is 2. The molecule has 0 saturated carbocycles. The third-order valence-electron chi connectivity index (χ3n) is 5.09. The molecule has 4 aromatic rings.